The van der Waals surface area contributed by atoms with Crippen molar-refractivity contribution in [2.45, 2.75) is 13.3 Å². The van der Waals surface area contributed by atoms with Crippen LogP contribution in [0.25, 0.3) is 0 Å². The van der Waals surface area contributed by atoms with E-state index in [0.29, 0.717) is 0 Å². The second-order valence-electron chi connectivity index (χ2n) is 2.45. The monoisotopic (exact) mass is 80.1 g/mol. The first-order valence-electron chi connectivity index (χ1n) is 2.58. The third-order valence-electron chi connectivity index (χ3n) is 1.88. The fourth-order valence-electron chi connectivity index (χ4n) is 1.25. The van der Waals surface area contributed by atoms with Crippen LogP contribution in [0.15, 0.2) is 11.6 Å². The molecule has 0 nitrogen and oxygen atoms in total. The molecule has 32 valence electrons. The lowest BCUT2D eigenvalue weighted by Crippen LogP contribution is -2.09. The minimum atomic E-state index is 0.991. The van der Waals surface area contributed by atoms with Gasteiger partial charge in [-0.3, -0.25) is 0 Å². The quantitative estimate of drug-likeness (QED) is 0.387. The molecule has 2 unspecified atom stereocenters. The first-order valence-corrected chi connectivity index (χ1v) is 2.58. The van der Waals surface area contributed by atoms with Crippen LogP contribution in [-0.4, -0.2) is 0 Å². The summed E-state index contributed by atoms with van der Waals surface area (Å²) < 4.78 is 0. The van der Waals surface area contributed by atoms with Gasteiger partial charge >= 0.3 is 0 Å². The van der Waals surface area contributed by atoms with Gasteiger partial charge in [-0.15, -0.1) is 0 Å². The highest BCUT2D eigenvalue weighted by Crippen LogP contribution is 2.52. The Hall–Kier alpha value is -0.260. The summed E-state index contributed by atoms with van der Waals surface area (Å²) in [5, 5.41) is 0. The molecule has 2 aliphatic rings. The zero-order chi connectivity index (χ0) is 4.15. The molecule has 2 atom stereocenters. The molecule has 0 aliphatic heterocycles. The van der Waals surface area contributed by atoms with Crippen LogP contribution < -0.4 is 0 Å². The van der Waals surface area contributed by atoms with E-state index in [1.165, 1.54) is 6.42 Å². The van der Waals surface area contributed by atoms with E-state index in [-0.39, 0.29) is 0 Å². The summed E-state index contributed by atoms with van der Waals surface area (Å²) >= 11 is 0. The summed E-state index contributed by atoms with van der Waals surface area (Å²) in [6.07, 6.45) is 3.79. The molecular formula is C6H8. The molecule has 2 aliphatic carbocycles. The van der Waals surface area contributed by atoms with Crippen molar-refractivity contribution in [2.75, 3.05) is 0 Å². The van der Waals surface area contributed by atoms with Gasteiger partial charge in [0.15, 0.2) is 0 Å². The molecule has 1 fully saturated rings. The smallest absolute Gasteiger partial charge is 0.000866 e. The molecule has 0 aromatic rings. The minimum Gasteiger partial charge on any atom is -0.0772 e. The maximum Gasteiger partial charge on any atom is 0.000866 e. The van der Waals surface area contributed by atoms with E-state index in [0.717, 1.165) is 11.8 Å². The van der Waals surface area contributed by atoms with E-state index in [1.807, 2.05) is 0 Å². The molecule has 0 aromatic carbocycles. The second-order valence-corrected chi connectivity index (χ2v) is 2.45. The van der Waals surface area contributed by atoms with Crippen LogP contribution in [0.3, 0.4) is 0 Å². The van der Waals surface area contributed by atoms with Gasteiger partial charge in [0.1, 0.15) is 0 Å². The van der Waals surface area contributed by atoms with Crippen LogP contribution in [0.5, 0.6) is 0 Å². The Balaban J connectivity index is 2.17. The topological polar surface area (TPSA) is 0 Å². The third-order valence-corrected chi connectivity index (χ3v) is 1.88. The molecule has 0 aromatic heterocycles. The fraction of sp³-hybridized carbons (Fsp3) is 0.667. The normalized spacial score (nSPS) is 49.2. The molecule has 0 bridgehead atoms. The Morgan fingerprint density at radius 3 is 2.67 bits per heavy atom. The largest absolute Gasteiger partial charge is 0.0772 e. The van der Waals surface area contributed by atoms with Gasteiger partial charge in [0.25, 0.3) is 0 Å². The van der Waals surface area contributed by atoms with Gasteiger partial charge in [-0.05, 0) is 12.3 Å². The van der Waals surface area contributed by atoms with Gasteiger partial charge < -0.3 is 0 Å². The highest BCUT2D eigenvalue weighted by molar-refractivity contribution is 5.38. The van der Waals surface area contributed by atoms with Crippen molar-refractivity contribution in [2.24, 2.45) is 11.8 Å². The number of allylic oxidation sites excluding steroid dienone is 2. The summed E-state index contributed by atoms with van der Waals surface area (Å²) in [4.78, 5) is 0. The average Bonchev–Trinajstić information content (AvgIpc) is 2.12. The second kappa shape index (κ2) is 0.575. The van der Waals surface area contributed by atoms with Crippen LogP contribution in [0.1, 0.15) is 13.3 Å². The Bertz CT molecular complexity index is 111. The predicted molar refractivity (Wildman–Crippen MR) is 25.4 cm³/mol. The van der Waals surface area contributed by atoms with Crippen LogP contribution in [0, 0.1) is 11.8 Å². The van der Waals surface area contributed by atoms with Crippen molar-refractivity contribution in [3.8, 4) is 0 Å². The average molecular weight is 80.1 g/mol. The van der Waals surface area contributed by atoms with Crippen molar-refractivity contribution < 1.29 is 0 Å². The van der Waals surface area contributed by atoms with Crippen LogP contribution in [0.2, 0.25) is 0 Å². The van der Waals surface area contributed by atoms with E-state index in [2.05, 4.69) is 13.0 Å². The molecule has 0 amide bonds. The Kier molecular flexibility index (Phi) is 0.272. The molecule has 0 spiro atoms. The van der Waals surface area contributed by atoms with Gasteiger partial charge in [-0.1, -0.05) is 18.6 Å². The molecule has 6 heavy (non-hydrogen) atoms. The molecule has 0 heteroatoms. The van der Waals surface area contributed by atoms with Gasteiger partial charge in [0, 0.05) is 5.92 Å². The van der Waals surface area contributed by atoms with E-state index < -0.39 is 0 Å². The van der Waals surface area contributed by atoms with Gasteiger partial charge in [0.05, 0.1) is 0 Å². The molecule has 1 saturated carbocycles. The molecular weight excluding hydrogens is 72.1 g/mol. The van der Waals surface area contributed by atoms with Crippen LogP contribution >= 0.6 is 0 Å². The summed E-state index contributed by atoms with van der Waals surface area (Å²) in [5.74, 6) is 2.00. The molecule has 2 rings (SSSR count). The zero-order valence-electron chi connectivity index (χ0n) is 3.94. The highest BCUT2D eigenvalue weighted by Gasteiger charge is 2.40. The Morgan fingerprint density at radius 2 is 2.67 bits per heavy atom. The van der Waals surface area contributed by atoms with Crippen LogP contribution in [0.4, 0.5) is 0 Å². The predicted octanol–water partition coefficient (Wildman–Crippen LogP) is 1.58. The Labute approximate surface area is 37.9 Å². The Morgan fingerprint density at radius 1 is 1.83 bits per heavy atom. The van der Waals surface area contributed by atoms with E-state index in [1.54, 1.807) is 5.57 Å². The van der Waals surface area contributed by atoms with Crippen LogP contribution in [-0.2, 0) is 0 Å². The number of fused-ring (bicyclic) bond motifs is 1. The van der Waals surface area contributed by atoms with E-state index >= 15 is 0 Å². The maximum atomic E-state index is 2.38. The standard InChI is InChI=1S/C6H8/c1-4-2-5-3-6(4)5/h3-4,6H,2H2,1H3. The fourth-order valence-corrected chi connectivity index (χ4v) is 1.25. The first kappa shape index (κ1) is 2.84. The van der Waals surface area contributed by atoms with Crippen molar-refractivity contribution in [3.63, 3.8) is 0 Å². The minimum absolute atomic E-state index is 0.991. The molecule has 0 N–H and O–H groups in total. The molecule has 0 heterocycles. The van der Waals surface area contributed by atoms with Crippen molar-refractivity contribution >= 4 is 0 Å². The summed E-state index contributed by atoms with van der Waals surface area (Å²) in [6, 6.07) is 0. The maximum absolute atomic E-state index is 2.38. The highest BCUT2D eigenvalue weighted by atomic mass is 14.4. The third kappa shape index (κ3) is 0.149. The molecule has 0 radical (unpaired) electrons. The summed E-state index contributed by atoms with van der Waals surface area (Å²) in [6.45, 7) is 2.32. The molecule has 0 saturated heterocycles. The van der Waals surface area contributed by atoms with E-state index in [9.17, 15) is 0 Å². The SMILES string of the molecule is CC1CC2=CC21. The number of hydrogen-bond donors (Lipinski definition) is 0. The zero-order valence-corrected chi connectivity index (χ0v) is 3.94. The lowest BCUT2D eigenvalue weighted by Gasteiger charge is -2.18. The van der Waals surface area contributed by atoms with E-state index in [4.69, 9.17) is 0 Å². The number of rotatable bonds is 0. The first-order chi connectivity index (χ1) is 2.88. The summed E-state index contributed by atoms with van der Waals surface area (Å²) in [5.41, 5.74) is 1.72. The van der Waals surface area contributed by atoms with Gasteiger partial charge in [0.2, 0.25) is 0 Å². The lowest BCUT2D eigenvalue weighted by atomic mass is 9.86. The van der Waals surface area contributed by atoms with Gasteiger partial charge in [-0.2, -0.15) is 0 Å². The summed E-state index contributed by atoms with van der Waals surface area (Å²) in [7, 11) is 0. The van der Waals surface area contributed by atoms with Crippen molar-refractivity contribution in [3.05, 3.63) is 11.6 Å². The van der Waals surface area contributed by atoms with Gasteiger partial charge in [-0.25, -0.2) is 0 Å². The van der Waals surface area contributed by atoms with Crippen molar-refractivity contribution in [1.82, 2.24) is 0 Å². The number of hydrogen-bond acceptors (Lipinski definition) is 0. The lowest BCUT2D eigenvalue weighted by molar-refractivity contribution is 0.438. The van der Waals surface area contributed by atoms with Crippen molar-refractivity contribution in [1.29, 1.82) is 0 Å².